The van der Waals surface area contributed by atoms with Gasteiger partial charge in [-0.15, -0.1) is 0 Å². The minimum atomic E-state index is -1.36. The molecule has 0 bridgehead atoms. The number of carbonyl (C=O) groups excluding carboxylic acids is 3. The fourth-order valence-electron chi connectivity index (χ4n) is 3.98. The molecule has 0 saturated heterocycles. The Morgan fingerprint density at radius 1 is 1.03 bits per heavy atom. The molecular weight excluding hydrogens is 426 g/mol. The monoisotopic (exact) mass is 453 g/mol. The summed E-state index contributed by atoms with van der Waals surface area (Å²) in [5.41, 5.74) is 4.22. The van der Waals surface area contributed by atoms with Gasteiger partial charge in [-0.25, -0.2) is 4.79 Å². The molecule has 2 aromatic rings. The van der Waals surface area contributed by atoms with Gasteiger partial charge in [-0.2, -0.15) is 0 Å². The van der Waals surface area contributed by atoms with Crippen LogP contribution in [0, 0.1) is 0 Å². The van der Waals surface area contributed by atoms with E-state index in [4.69, 9.17) is 4.74 Å². The average molecular weight is 453 g/mol. The number of hydrogen-bond acceptors (Lipinski definition) is 5. The molecule has 174 valence electrons. The normalized spacial score (nSPS) is 12.8. The summed E-state index contributed by atoms with van der Waals surface area (Å²) in [6, 6.07) is 14.4. The first kappa shape index (κ1) is 23.8. The van der Waals surface area contributed by atoms with Crippen molar-refractivity contribution in [3.8, 4) is 11.1 Å². The van der Waals surface area contributed by atoms with Gasteiger partial charge in [0.15, 0.2) is 0 Å². The molecule has 3 N–H and O–H groups in total. The lowest BCUT2D eigenvalue weighted by molar-refractivity contribution is -0.143. The lowest BCUT2D eigenvalue weighted by Crippen LogP contribution is -2.51. The van der Waals surface area contributed by atoms with Gasteiger partial charge in [-0.3, -0.25) is 14.4 Å². The third kappa shape index (κ3) is 5.49. The van der Waals surface area contributed by atoms with E-state index < -0.39 is 36.3 Å². The molecule has 0 fully saturated rings. The number of nitrogens with zero attached hydrogens (tertiary/aromatic N) is 1. The van der Waals surface area contributed by atoms with E-state index in [9.17, 15) is 24.3 Å². The van der Waals surface area contributed by atoms with Crippen LogP contribution in [0.4, 0.5) is 4.79 Å². The molecule has 2 aromatic carbocycles. The molecular formula is C24H27N3O6. The Morgan fingerprint density at radius 2 is 1.61 bits per heavy atom. The first-order valence-corrected chi connectivity index (χ1v) is 10.7. The van der Waals surface area contributed by atoms with Gasteiger partial charge in [0.2, 0.25) is 11.8 Å². The van der Waals surface area contributed by atoms with E-state index in [-0.39, 0.29) is 25.6 Å². The number of benzene rings is 2. The van der Waals surface area contributed by atoms with Crippen molar-refractivity contribution in [3.05, 3.63) is 59.7 Å². The second-order valence-corrected chi connectivity index (χ2v) is 7.65. The number of carboxylic acids is 1. The fourth-order valence-corrected chi connectivity index (χ4v) is 3.98. The Balaban J connectivity index is 1.69. The number of rotatable bonds is 9. The highest BCUT2D eigenvalue weighted by molar-refractivity contribution is 5.92. The van der Waals surface area contributed by atoms with Gasteiger partial charge in [-0.1, -0.05) is 48.5 Å². The van der Waals surface area contributed by atoms with E-state index in [1.54, 1.807) is 6.92 Å². The van der Waals surface area contributed by atoms with Crippen LogP contribution in [-0.2, 0) is 19.1 Å². The summed E-state index contributed by atoms with van der Waals surface area (Å²) in [5.74, 6) is -2.50. The zero-order chi connectivity index (χ0) is 24.0. The first-order valence-electron chi connectivity index (χ1n) is 10.7. The van der Waals surface area contributed by atoms with E-state index in [2.05, 4.69) is 10.6 Å². The third-order valence-corrected chi connectivity index (χ3v) is 5.62. The van der Waals surface area contributed by atoms with Crippen LogP contribution in [0.15, 0.2) is 48.5 Å². The van der Waals surface area contributed by atoms with E-state index in [1.165, 1.54) is 11.9 Å². The largest absolute Gasteiger partial charge is 0.481 e. The summed E-state index contributed by atoms with van der Waals surface area (Å²) < 4.78 is 5.42. The summed E-state index contributed by atoms with van der Waals surface area (Å²) in [6.45, 7) is 1.62. The molecule has 9 heteroatoms. The number of nitrogens with one attached hydrogen (secondary N) is 2. The summed E-state index contributed by atoms with van der Waals surface area (Å²) in [5, 5.41) is 14.0. The zero-order valence-corrected chi connectivity index (χ0v) is 18.5. The maximum Gasteiger partial charge on any atom is 0.407 e. The fraction of sp³-hybridized carbons (Fsp3) is 0.333. The van der Waals surface area contributed by atoms with Crippen LogP contribution in [0.3, 0.4) is 0 Å². The highest BCUT2D eigenvalue weighted by atomic mass is 16.5. The van der Waals surface area contributed by atoms with E-state index in [0.717, 1.165) is 22.3 Å². The number of amides is 3. The Morgan fingerprint density at radius 3 is 2.12 bits per heavy atom. The predicted octanol–water partition coefficient (Wildman–Crippen LogP) is 1.96. The van der Waals surface area contributed by atoms with Crippen molar-refractivity contribution in [2.75, 3.05) is 26.7 Å². The van der Waals surface area contributed by atoms with Crippen LogP contribution in [0.1, 0.15) is 30.4 Å². The third-order valence-electron chi connectivity index (χ3n) is 5.62. The Bertz CT molecular complexity index is 1010. The Kier molecular flexibility index (Phi) is 7.66. The second-order valence-electron chi connectivity index (χ2n) is 7.65. The maximum atomic E-state index is 12.8. The first-order chi connectivity index (χ1) is 15.8. The molecule has 0 radical (unpaired) electrons. The van der Waals surface area contributed by atoms with E-state index in [0.29, 0.717) is 0 Å². The molecule has 1 aliphatic rings. The highest BCUT2D eigenvalue weighted by Crippen LogP contribution is 2.44. The Hall–Kier alpha value is -3.88. The van der Waals surface area contributed by atoms with Crippen molar-refractivity contribution in [2.45, 2.75) is 25.3 Å². The van der Waals surface area contributed by atoms with Crippen molar-refractivity contribution in [1.29, 1.82) is 0 Å². The average Bonchev–Trinajstić information content (AvgIpc) is 3.13. The maximum absolute atomic E-state index is 12.8. The number of carboxylic acid groups (broad SMARTS) is 1. The molecule has 1 unspecified atom stereocenters. The summed E-state index contributed by atoms with van der Waals surface area (Å²) >= 11 is 0. The van der Waals surface area contributed by atoms with Crippen molar-refractivity contribution < 1.29 is 29.0 Å². The molecule has 0 aromatic heterocycles. The number of carbonyl (C=O) groups is 4. The smallest absolute Gasteiger partial charge is 0.407 e. The van der Waals surface area contributed by atoms with Gasteiger partial charge in [-0.05, 0) is 29.2 Å². The highest BCUT2D eigenvalue weighted by Gasteiger charge is 2.31. The van der Waals surface area contributed by atoms with Gasteiger partial charge in [0.25, 0.3) is 0 Å². The van der Waals surface area contributed by atoms with Crippen LogP contribution < -0.4 is 10.6 Å². The molecule has 9 nitrogen and oxygen atoms in total. The topological polar surface area (TPSA) is 125 Å². The van der Waals surface area contributed by atoms with E-state index >= 15 is 0 Å². The number of alkyl carbamates (subject to hydrolysis) is 1. The van der Waals surface area contributed by atoms with Crippen molar-refractivity contribution in [1.82, 2.24) is 15.5 Å². The molecule has 0 heterocycles. The number of aliphatic carboxylic acids is 1. The summed E-state index contributed by atoms with van der Waals surface area (Å²) in [4.78, 5) is 49.5. The molecule has 0 aliphatic heterocycles. The van der Waals surface area contributed by atoms with Crippen molar-refractivity contribution >= 4 is 23.9 Å². The van der Waals surface area contributed by atoms with Gasteiger partial charge < -0.3 is 25.4 Å². The van der Waals surface area contributed by atoms with Crippen LogP contribution in [0.2, 0.25) is 0 Å². The summed E-state index contributed by atoms with van der Waals surface area (Å²) in [6.07, 6.45) is -1.53. The number of ether oxygens (including phenoxy) is 1. The van der Waals surface area contributed by atoms with E-state index in [1.807, 2.05) is 48.5 Å². The lowest BCUT2D eigenvalue weighted by atomic mass is 9.98. The molecule has 0 saturated carbocycles. The number of likely N-dealkylation sites (N-methyl/N-ethyl adjacent to an activating group) is 2. The van der Waals surface area contributed by atoms with Crippen molar-refractivity contribution in [3.63, 3.8) is 0 Å². The van der Waals surface area contributed by atoms with Gasteiger partial charge >= 0.3 is 12.1 Å². The van der Waals surface area contributed by atoms with Crippen molar-refractivity contribution in [2.24, 2.45) is 0 Å². The molecule has 1 atom stereocenters. The standard InChI is InChI=1S/C24H27N3O6/c1-3-27(13-21(28)25-2)23(31)20(12-22(29)30)26-24(32)33-14-19-17-10-6-4-8-15(17)16-9-5-7-11-18(16)19/h4-11,19-20H,3,12-14H2,1-2H3,(H,25,28)(H,26,32)(H,29,30). The molecule has 1 aliphatic carbocycles. The van der Waals surface area contributed by atoms with Crippen LogP contribution in [-0.4, -0.2) is 66.7 Å². The quantitative estimate of drug-likeness (QED) is 0.533. The second kappa shape index (κ2) is 10.6. The lowest BCUT2D eigenvalue weighted by Gasteiger charge is -2.25. The summed E-state index contributed by atoms with van der Waals surface area (Å²) in [7, 11) is 1.43. The molecule has 0 spiro atoms. The van der Waals surface area contributed by atoms with Gasteiger partial charge in [0.05, 0.1) is 13.0 Å². The Labute approximate surface area is 191 Å². The zero-order valence-electron chi connectivity index (χ0n) is 18.5. The minimum Gasteiger partial charge on any atom is -0.481 e. The molecule has 33 heavy (non-hydrogen) atoms. The predicted molar refractivity (Wildman–Crippen MR) is 121 cm³/mol. The SMILES string of the molecule is CCN(CC(=O)NC)C(=O)C(CC(=O)O)NC(=O)OCC1c2ccccc2-c2ccccc21. The molecule has 3 rings (SSSR count). The van der Waals surface area contributed by atoms with Crippen LogP contribution >= 0.6 is 0 Å². The van der Waals surface area contributed by atoms with Crippen LogP contribution in [0.25, 0.3) is 11.1 Å². The van der Waals surface area contributed by atoms with Crippen LogP contribution in [0.5, 0.6) is 0 Å². The molecule has 3 amide bonds. The van der Waals surface area contributed by atoms with Gasteiger partial charge in [0, 0.05) is 19.5 Å². The van der Waals surface area contributed by atoms with Gasteiger partial charge in [0.1, 0.15) is 12.6 Å². The number of fused-ring (bicyclic) bond motifs is 3. The number of hydrogen-bond donors (Lipinski definition) is 3. The minimum absolute atomic E-state index is 0.0313.